The second-order valence-corrected chi connectivity index (χ2v) is 9.70. The molecule has 0 spiro atoms. The van der Waals surface area contributed by atoms with E-state index < -0.39 is 22.0 Å². The summed E-state index contributed by atoms with van der Waals surface area (Å²) in [6.07, 6.45) is 0.712. The molecule has 32 heavy (non-hydrogen) atoms. The van der Waals surface area contributed by atoms with Gasteiger partial charge in [0, 0.05) is 11.7 Å². The Morgan fingerprint density at radius 3 is 2.25 bits per heavy atom. The number of hydrogen-bond acceptors (Lipinski definition) is 4. The molecule has 0 radical (unpaired) electrons. The van der Waals surface area contributed by atoms with E-state index in [4.69, 9.17) is 0 Å². The molecule has 0 fully saturated rings. The highest BCUT2D eigenvalue weighted by atomic mass is 32.2. The number of carbonyl (C=O) groups excluding carboxylic acids is 1. The third-order valence-corrected chi connectivity index (χ3v) is 7.53. The Kier molecular flexibility index (Phi) is 6.25. The van der Waals surface area contributed by atoms with Crippen LogP contribution < -0.4 is 0 Å². The average Bonchev–Trinajstić information content (AvgIpc) is 2.82. The summed E-state index contributed by atoms with van der Waals surface area (Å²) in [4.78, 5) is 23.2. The van der Waals surface area contributed by atoms with Crippen molar-refractivity contribution in [3.63, 3.8) is 0 Å². The lowest BCUT2D eigenvalue weighted by molar-refractivity contribution is -0.122. The van der Waals surface area contributed by atoms with E-state index in [9.17, 15) is 22.5 Å². The van der Waals surface area contributed by atoms with Crippen LogP contribution in [-0.2, 0) is 27.7 Å². The predicted octanol–water partition coefficient (Wildman–Crippen LogP) is 4.26. The molecule has 1 aliphatic heterocycles. The van der Waals surface area contributed by atoms with Crippen LogP contribution in [0.3, 0.4) is 0 Å². The van der Waals surface area contributed by atoms with Gasteiger partial charge in [0.2, 0.25) is 10.0 Å². The normalized spacial score (nSPS) is 16.3. The number of sulfonamides is 1. The molecule has 0 N–H and O–H groups in total. The van der Waals surface area contributed by atoms with Crippen LogP contribution in [0.1, 0.15) is 22.7 Å². The molecule has 8 heteroatoms. The molecule has 1 heterocycles. The van der Waals surface area contributed by atoms with Crippen LogP contribution in [0.2, 0.25) is 0 Å². The van der Waals surface area contributed by atoms with Crippen LogP contribution >= 0.6 is 0 Å². The van der Waals surface area contributed by atoms with Crippen LogP contribution in [0.5, 0.6) is 0 Å². The summed E-state index contributed by atoms with van der Waals surface area (Å²) in [5, 5.41) is 2.52. The van der Waals surface area contributed by atoms with E-state index in [-0.39, 0.29) is 24.5 Å². The van der Waals surface area contributed by atoms with Crippen LogP contribution in [-0.4, -0.2) is 30.9 Å². The molecule has 3 aromatic rings. The Bertz CT molecular complexity index is 1240. The van der Waals surface area contributed by atoms with Gasteiger partial charge in [-0.25, -0.2) is 12.8 Å². The summed E-state index contributed by atoms with van der Waals surface area (Å²) in [6.45, 7) is 0.120. The highest BCUT2D eigenvalue weighted by Crippen LogP contribution is 2.33. The zero-order valence-electron chi connectivity index (χ0n) is 17.1. The summed E-state index contributed by atoms with van der Waals surface area (Å²) in [7, 11) is -3.82. The molecular weight excluding hydrogens is 431 g/mol. The first kappa shape index (κ1) is 22.0. The van der Waals surface area contributed by atoms with Crippen molar-refractivity contribution in [2.24, 2.45) is 5.18 Å². The van der Waals surface area contributed by atoms with E-state index >= 15 is 0 Å². The SMILES string of the molecule is O=NC(=O)C1c2ccccc2CCN1S(=O)(=O)CCc1ccc(-c2ccc(F)cc2)cc1. The van der Waals surface area contributed by atoms with Gasteiger partial charge in [0.1, 0.15) is 11.9 Å². The smallest absolute Gasteiger partial charge is 0.267 e. The first-order chi connectivity index (χ1) is 15.4. The van der Waals surface area contributed by atoms with Gasteiger partial charge in [-0.1, -0.05) is 60.7 Å². The van der Waals surface area contributed by atoms with Gasteiger partial charge in [-0.2, -0.15) is 4.31 Å². The van der Waals surface area contributed by atoms with E-state index in [2.05, 4.69) is 5.18 Å². The quantitative estimate of drug-likeness (QED) is 0.523. The predicted molar refractivity (Wildman–Crippen MR) is 120 cm³/mol. The fraction of sp³-hybridized carbons (Fsp3) is 0.208. The molecule has 0 bridgehead atoms. The lowest BCUT2D eigenvalue weighted by Gasteiger charge is -2.33. The first-order valence-electron chi connectivity index (χ1n) is 10.2. The fourth-order valence-electron chi connectivity index (χ4n) is 4.02. The van der Waals surface area contributed by atoms with E-state index in [1.165, 1.54) is 12.1 Å². The summed E-state index contributed by atoms with van der Waals surface area (Å²) in [5.74, 6) is -1.52. The maximum Gasteiger partial charge on any atom is 0.308 e. The number of benzene rings is 3. The van der Waals surface area contributed by atoms with E-state index in [1.54, 1.807) is 24.3 Å². The van der Waals surface area contributed by atoms with Crippen LogP contribution in [0.4, 0.5) is 4.39 Å². The van der Waals surface area contributed by atoms with Crippen molar-refractivity contribution < 1.29 is 17.6 Å². The molecule has 164 valence electrons. The number of hydrogen-bond donors (Lipinski definition) is 0. The molecule has 1 aliphatic rings. The van der Waals surface area contributed by atoms with Crippen molar-refractivity contribution >= 4 is 15.9 Å². The number of rotatable bonds is 6. The first-order valence-corrected chi connectivity index (χ1v) is 11.8. The number of nitrogens with zero attached hydrogens (tertiary/aromatic N) is 2. The molecule has 0 saturated carbocycles. The monoisotopic (exact) mass is 452 g/mol. The van der Waals surface area contributed by atoms with Gasteiger partial charge in [0.05, 0.1) is 5.75 Å². The summed E-state index contributed by atoms with van der Waals surface area (Å²) in [6, 6.07) is 19.3. The Morgan fingerprint density at radius 1 is 0.969 bits per heavy atom. The zero-order chi connectivity index (χ0) is 22.7. The summed E-state index contributed by atoms with van der Waals surface area (Å²) in [5.41, 5.74) is 3.92. The van der Waals surface area contributed by atoms with Crippen LogP contribution in [0.25, 0.3) is 11.1 Å². The number of nitroso groups, excluding NO2 is 1. The molecule has 0 aromatic heterocycles. The Balaban J connectivity index is 1.51. The van der Waals surface area contributed by atoms with Crippen molar-refractivity contribution in [3.8, 4) is 11.1 Å². The van der Waals surface area contributed by atoms with Crippen molar-refractivity contribution in [2.75, 3.05) is 12.3 Å². The van der Waals surface area contributed by atoms with Gasteiger partial charge >= 0.3 is 5.91 Å². The molecule has 4 rings (SSSR count). The highest BCUT2D eigenvalue weighted by molar-refractivity contribution is 7.89. The van der Waals surface area contributed by atoms with E-state index in [0.29, 0.717) is 12.0 Å². The molecule has 0 saturated heterocycles. The van der Waals surface area contributed by atoms with Crippen LogP contribution in [0.15, 0.2) is 78.0 Å². The van der Waals surface area contributed by atoms with Gasteiger partial charge in [0.15, 0.2) is 0 Å². The zero-order valence-corrected chi connectivity index (χ0v) is 18.0. The Labute approximate surface area is 185 Å². The maximum absolute atomic E-state index is 13.1. The van der Waals surface area contributed by atoms with E-state index in [0.717, 1.165) is 26.6 Å². The Hall–Kier alpha value is -3.23. The fourth-order valence-corrected chi connectivity index (χ4v) is 5.64. The lowest BCUT2D eigenvalue weighted by atomic mass is 9.94. The maximum atomic E-state index is 13.1. The second kappa shape index (κ2) is 9.10. The van der Waals surface area contributed by atoms with Gasteiger partial charge in [-0.3, -0.25) is 4.79 Å². The molecule has 1 amide bonds. The molecule has 1 atom stereocenters. The van der Waals surface area contributed by atoms with Gasteiger partial charge in [-0.05, 0) is 52.8 Å². The molecule has 1 unspecified atom stereocenters. The van der Waals surface area contributed by atoms with Gasteiger partial charge in [0.25, 0.3) is 0 Å². The molecule has 6 nitrogen and oxygen atoms in total. The third-order valence-electron chi connectivity index (χ3n) is 5.70. The lowest BCUT2D eigenvalue weighted by Crippen LogP contribution is -2.44. The highest BCUT2D eigenvalue weighted by Gasteiger charge is 2.40. The summed E-state index contributed by atoms with van der Waals surface area (Å²) >= 11 is 0. The van der Waals surface area contributed by atoms with Gasteiger partial charge < -0.3 is 0 Å². The molecular formula is C24H21FN2O4S. The number of amides is 1. The van der Waals surface area contributed by atoms with Crippen molar-refractivity contribution in [3.05, 3.63) is 100 Å². The number of aryl methyl sites for hydroxylation is 1. The van der Waals surface area contributed by atoms with Crippen molar-refractivity contribution in [1.82, 2.24) is 4.31 Å². The standard InChI is InChI=1S/C24H21FN2O4S/c25-21-11-9-19(10-12-21)18-7-5-17(6-8-18)14-16-32(30,31)27-15-13-20-3-1-2-4-22(20)23(27)24(28)26-29/h1-12,23H,13-16H2. The number of fused-ring (bicyclic) bond motifs is 1. The molecule has 3 aromatic carbocycles. The Morgan fingerprint density at radius 2 is 1.59 bits per heavy atom. The topological polar surface area (TPSA) is 83.9 Å². The van der Waals surface area contributed by atoms with Gasteiger partial charge in [-0.15, -0.1) is 4.91 Å². The second-order valence-electron chi connectivity index (χ2n) is 7.66. The number of halogens is 1. The minimum atomic E-state index is -3.82. The minimum absolute atomic E-state index is 0.120. The van der Waals surface area contributed by atoms with Crippen LogP contribution in [0, 0.1) is 10.7 Å². The summed E-state index contributed by atoms with van der Waals surface area (Å²) < 4.78 is 40.4. The largest absolute Gasteiger partial charge is 0.308 e. The molecule has 0 aliphatic carbocycles. The van der Waals surface area contributed by atoms with E-state index in [1.807, 2.05) is 36.4 Å². The average molecular weight is 453 g/mol. The minimum Gasteiger partial charge on any atom is -0.267 e. The van der Waals surface area contributed by atoms with Crippen molar-refractivity contribution in [2.45, 2.75) is 18.9 Å². The number of carbonyl (C=O) groups is 1. The third kappa shape index (κ3) is 4.51. The van der Waals surface area contributed by atoms with Crippen molar-refractivity contribution in [1.29, 1.82) is 0 Å².